The van der Waals surface area contributed by atoms with E-state index in [2.05, 4.69) is 22.6 Å². The Morgan fingerprint density at radius 2 is 1.68 bits per heavy atom. The second-order valence-electron chi connectivity index (χ2n) is 4.17. The first-order valence-corrected chi connectivity index (χ1v) is 7.31. The van der Waals surface area contributed by atoms with Crippen molar-refractivity contribution in [3.63, 3.8) is 0 Å². The molecule has 0 fully saturated rings. The van der Waals surface area contributed by atoms with Gasteiger partial charge in [0.1, 0.15) is 5.75 Å². The molecule has 0 bridgehead atoms. The largest absolute Gasteiger partial charge is 0.492 e. The van der Waals surface area contributed by atoms with E-state index in [1.54, 1.807) is 0 Å². The summed E-state index contributed by atoms with van der Waals surface area (Å²) in [5, 5.41) is 0. The van der Waals surface area contributed by atoms with E-state index in [9.17, 15) is 4.79 Å². The van der Waals surface area contributed by atoms with Gasteiger partial charge in [-0.05, 0) is 41.1 Å². The van der Waals surface area contributed by atoms with Crippen LogP contribution in [0.3, 0.4) is 0 Å². The summed E-state index contributed by atoms with van der Waals surface area (Å²) in [5.41, 5.74) is 0.775. The number of ketones is 1. The summed E-state index contributed by atoms with van der Waals surface area (Å²) >= 11 is 2.24. The van der Waals surface area contributed by atoms with Crippen LogP contribution in [0.4, 0.5) is 0 Å². The first-order valence-electron chi connectivity index (χ1n) is 6.23. The SMILES string of the molecule is O=C(CCCOc1ccccc1I)c1ccccc1. The van der Waals surface area contributed by atoms with Gasteiger partial charge in [0.05, 0.1) is 10.2 Å². The molecule has 0 aromatic heterocycles. The predicted octanol–water partition coefficient (Wildman–Crippen LogP) is 4.33. The lowest BCUT2D eigenvalue weighted by atomic mass is 10.1. The molecule has 0 radical (unpaired) electrons. The number of rotatable bonds is 6. The lowest BCUT2D eigenvalue weighted by Crippen LogP contribution is -2.04. The average Bonchev–Trinajstić information content (AvgIpc) is 2.46. The molecule has 0 aliphatic heterocycles. The fourth-order valence-electron chi connectivity index (χ4n) is 1.75. The van der Waals surface area contributed by atoms with Gasteiger partial charge in [0.15, 0.2) is 5.78 Å². The lowest BCUT2D eigenvalue weighted by Gasteiger charge is -2.07. The van der Waals surface area contributed by atoms with Gasteiger partial charge in [-0.1, -0.05) is 42.5 Å². The number of benzene rings is 2. The minimum atomic E-state index is 0.173. The summed E-state index contributed by atoms with van der Waals surface area (Å²) in [6.45, 7) is 0.568. The van der Waals surface area contributed by atoms with Crippen LogP contribution < -0.4 is 4.74 Å². The normalized spacial score (nSPS) is 10.2. The Labute approximate surface area is 126 Å². The second-order valence-corrected chi connectivity index (χ2v) is 5.33. The smallest absolute Gasteiger partial charge is 0.163 e. The van der Waals surface area contributed by atoms with Crippen LogP contribution in [-0.4, -0.2) is 12.4 Å². The van der Waals surface area contributed by atoms with Gasteiger partial charge in [-0.15, -0.1) is 0 Å². The molecule has 0 saturated heterocycles. The van der Waals surface area contributed by atoms with Crippen LogP contribution in [0.2, 0.25) is 0 Å². The maximum absolute atomic E-state index is 11.9. The summed E-state index contributed by atoms with van der Waals surface area (Å²) in [6.07, 6.45) is 1.26. The standard InChI is InChI=1S/C16H15IO2/c17-14-9-4-5-11-16(14)19-12-6-10-15(18)13-7-2-1-3-8-13/h1-5,7-9,11H,6,10,12H2. The van der Waals surface area contributed by atoms with Crippen LogP contribution in [0, 0.1) is 3.57 Å². The highest BCUT2D eigenvalue weighted by molar-refractivity contribution is 14.1. The molecule has 0 spiro atoms. The molecule has 2 rings (SSSR count). The van der Waals surface area contributed by atoms with Crippen LogP contribution >= 0.6 is 22.6 Å². The van der Waals surface area contributed by atoms with Gasteiger partial charge in [-0.2, -0.15) is 0 Å². The van der Waals surface area contributed by atoms with Gasteiger partial charge in [-0.25, -0.2) is 0 Å². The Balaban J connectivity index is 1.76. The van der Waals surface area contributed by atoms with E-state index in [1.165, 1.54) is 0 Å². The molecule has 0 aliphatic rings. The highest BCUT2D eigenvalue weighted by atomic mass is 127. The van der Waals surface area contributed by atoms with Crippen molar-refractivity contribution in [3.05, 3.63) is 63.7 Å². The highest BCUT2D eigenvalue weighted by Gasteiger charge is 2.05. The molecule has 2 nitrogen and oxygen atoms in total. The molecule has 0 atom stereocenters. The lowest BCUT2D eigenvalue weighted by molar-refractivity contribution is 0.0973. The monoisotopic (exact) mass is 366 g/mol. The summed E-state index contributed by atoms with van der Waals surface area (Å²) in [6, 6.07) is 17.3. The highest BCUT2D eigenvalue weighted by Crippen LogP contribution is 2.19. The summed E-state index contributed by atoms with van der Waals surface area (Å²) in [4.78, 5) is 11.9. The number of hydrogen-bond donors (Lipinski definition) is 0. The van der Waals surface area contributed by atoms with Gasteiger partial charge in [0.2, 0.25) is 0 Å². The van der Waals surface area contributed by atoms with Gasteiger partial charge >= 0.3 is 0 Å². The third kappa shape index (κ3) is 4.35. The fraction of sp³-hybridized carbons (Fsp3) is 0.188. The zero-order valence-electron chi connectivity index (χ0n) is 10.5. The average molecular weight is 366 g/mol. The van der Waals surface area contributed by atoms with Gasteiger partial charge in [-0.3, -0.25) is 4.79 Å². The number of halogens is 1. The topological polar surface area (TPSA) is 26.3 Å². The van der Waals surface area contributed by atoms with Gasteiger partial charge < -0.3 is 4.74 Å². The van der Waals surface area contributed by atoms with Gasteiger partial charge in [0, 0.05) is 12.0 Å². The number of ether oxygens (including phenoxy) is 1. The molecular weight excluding hydrogens is 351 g/mol. The molecule has 2 aromatic rings. The van der Waals surface area contributed by atoms with Crippen LogP contribution in [0.5, 0.6) is 5.75 Å². The van der Waals surface area contributed by atoms with Crippen LogP contribution in [-0.2, 0) is 0 Å². The Hall–Kier alpha value is -1.36. The number of Topliss-reactive ketones (excluding diaryl/α,β-unsaturated/α-hetero) is 1. The van der Waals surface area contributed by atoms with Crippen molar-refractivity contribution in [3.8, 4) is 5.75 Å². The van der Waals surface area contributed by atoms with Crippen molar-refractivity contribution in [2.45, 2.75) is 12.8 Å². The van der Waals surface area contributed by atoms with E-state index in [0.717, 1.165) is 21.3 Å². The minimum absolute atomic E-state index is 0.173. The Kier molecular flexibility index (Phi) is 5.39. The number of carbonyl (C=O) groups is 1. The van der Waals surface area contributed by atoms with E-state index in [1.807, 2.05) is 54.6 Å². The van der Waals surface area contributed by atoms with Crippen molar-refractivity contribution >= 4 is 28.4 Å². The van der Waals surface area contributed by atoms with Gasteiger partial charge in [0.25, 0.3) is 0 Å². The fourth-order valence-corrected chi connectivity index (χ4v) is 2.29. The minimum Gasteiger partial charge on any atom is -0.492 e. The third-order valence-corrected chi connectivity index (χ3v) is 3.63. The number of para-hydroxylation sites is 1. The van der Waals surface area contributed by atoms with E-state index in [4.69, 9.17) is 4.74 Å². The number of carbonyl (C=O) groups excluding carboxylic acids is 1. The zero-order valence-corrected chi connectivity index (χ0v) is 12.7. The van der Waals surface area contributed by atoms with Crippen molar-refractivity contribution < 1.29 is 9.53 Å². The van der Waals surface area contributed by atoms with E-state index in [-0.39, 0.29) is 5.78 Å². The maximum atomic E-state index is 11.9. The first kappa shape index (κ1) is 14.1. The summed E-state index contributed by atoms with van der Waals surface area (Å²) in [5.74, 6) is 1.06. The zero-order chi connectivity index (χ0) is 13.5. The van der Waals surface area contributed by atoms with Crippen LogP contribution in [0.15, 0.2) is 54.6 Å². The molecular formula is C16H15IO2. The van der Waals surface area contributed by atoms with Crippen molar-refractivity contribution in [2.24, 2.45) is 0 Å². The molecule has 0 heterocycles. The first-order chi connectivity index (χ1) is 9.27. The Morgan fingerprint density at radius 1 is 1.00 bits per heavy atom. The molecule has 0 N–H and O–H groups in total. The van der Waals surface area contributed by atoms with Crippen molar-refractivity contribution in [2.75, 3.05) is 6.61 Å². The summed E-state index contributed by atoms with van der Waals surface area (Å²) in [7, 11) is 0. The molecule has 19 heavy (non-hydrogen) atoms. The molecule has 3 heteroatoms. The van der Waals surface area contributed by atoms with E-state index >= 15 is 0 Å². The van der Waals surface area contributed by atoms with E-state index in [0.29, 0.717) is 13.0 Å². The third-order valence-electron chi connectivity index (χ3n) is 2.74. The second kappa shape index (κ2) is 7.28. The maximum Gasteiger partial charge on any atom is 0.163 e. The molecule has 0 amide bonds. The molecule has 0 unspecified atom stereocenters. The molecule has 98 valence electrons. The Morgan fingerprint density at radius 3 is 2.42 bits per heavy atom. The van der Waals surface area contributed by atoms with Crippen molar-refractivity contribution in [1.29, 1.82) is 0 Å². The molecule has 0 saturated carbocycles. The molecule has 2 aromatic carbocycles. The van der Waals surface area contributed by atoms with E-state index < -0.39 is 0 Å². The predicted molar refractivity (Wildman–Crippen MR) is 84.7 cm³/mol. The number of hydrogen-bond acceptors (Lipinski definition) is 2. The van der Waals surface area contributed by atoms with Crippen molar-refractivity contribution in [1.82, 2.24) is 0 Å². The van der Waals surface area contributed by atoms with Crippen LogP contribution in [0.1, 0.15) is 23.2 Å². The Bertz CT molecular complexity index is 537. The molecule has 0 aliphatic carbocycles. The summed E-state index contributed by atoms with van der Waals surface area (Å²) < 4.78 is 6.76. The van der Waals surface area contributed by atoms with Crippen LogP contribution in [0.25, 0.3) is 0 Å². The quantitative estimate of drug-likeness (QED) is 0.432.